The van der Waals surface area contributed by atoms with E-state index in [4.69, 9.17) is 0 Å². The van der Waals surface area contributed by atoms with Crippen molar-refractivity contribution in [2.24, 2.45) is 23.7 Å². The van der Waals surface area contributed by atoms with Crippen molar-refractivity contribution in [2.45, 2.75) is 58.9 Å². The molecule has 0 aromatic carbocycles. The number of hydrogen-bond donors (Lipinski definition) is 1. The minimum atomic E-state index is 0.124. The second-order valence-corrected chi connectivity index (χ2v) is 9.21. The zero-order valence-electron chi connectivity index (χ0n) is 17.8. The molecule has 2 amide bonds. The third-order valence-electron chi connectivity index (χ3n) is 6.99. The molecule has 1 aliphatic heterocycles. The Morgan fingerprint density at radius 1 is 1.17 bits per heavy atom. The van der Waals surface area contributed by atoms with Crippen LogP contribution in [-0.2, 0) is 16.1 Å². The number of amides is 2. The maximum atomic E-state index is 12.8. The van der Waals surface area contributed by atoms with E-state index in [1.165, 1.54) is 6.42 Å². The molecule has 3 atom stereocenters. The Hall–Kier alpha value is -2.11. The van der Waals surface area contributed by atoms with Crippen LogP contribution in [0.5, 0.6) is 0 Å². The van der Waals surface area contributed by atoms with Gasteiger partial charge in [0.2, 0.25) is 11.8 Å². The van der Waals surface area contributed by atoms with Gasteiger partial charge < -0.3 is 10.2 Å². The highest BCUT2D eigenvalue weighted by Gasteiger charge is 2.41. The smallest absolute Gasteiger partial charge is 0.226 e. The summed E-state index contributed by atoms with van der Waals surface area (Å²) in [5.74, 6) is 2.33. The van der Waals surface area contributed by atoms with Gasteiger partial charge in [-0.25, -0.2) is 0 Å². The van der Waals surface area contributed by atoms with Gasteiger partial charge in [0.05, 0.1) is 5.69 Å². The molecule has 2 aliphatic carbocycles. The molecule has 1 saturated carbocycles. The average Bonchev–Trinajstić information content (AvgIpc) is 3.42. The molecular formula is C23H34N4O2. The zero-order chi connectivity index (χ0) is 20.4. The maximum Gasteiger partial charge on any atom is 0.226 e. The van der Waals surface area contributed by atoms with Gasteiger partial charge in [0.15, 0.2) is 0 Å². The minimum Gasteiger partial charge on any atom is -0.356 e. The van der Waals surface area contributed by atoms with Gasteiger partial charge in [-0.3, -0.25) is 14.3 Å². The van der Waals surface area contributed by atoms with Gasteiger partial charge in [0.1, 0.15) is 0 Å². The van der Waals surface area contributed by atoms with Crippen LogP contribution in [0, 0.1) is 37.5 Å². The molecule has 158 valence electrons. The Kier molecular flexibility index (Phi) is 6.07. The molecular weight excluding hydrogens is 364 g/mol. The van der Waals surface area contributed by atoms with Crippen molar-refractivity contribution < 1.29 is 9.59 Å². The minimum absolute atomic E-state index is 0.124. The molecule has 2 heterocycles. The summed E-state index contributed by atoms with van der Waals surface area (Å²) >= 11 is 0. The Labute approximate surface area is 173 Å². The lowest BCUT2D eigenvalue weighted by Crippen LogP contribution is -2.44. The molecule has 1 aromatic heterocycles. The third-order valence-corrected chi connectivity index (χ3v) is 6.99. The topological polar surface area (TPSA) is 67.2 Å². The molecule has 6 nitrogen and oxygen atoms in total. The van der Waals surface area contributed by atoms with Crippen molar-refractivity contribution in [2.75, 3.05) is 19.6 Å². The summed E-state index contributed by atoms with van der Waals surface area (Å²) in [6.45, 7) is 7.24. The van der Waals surface area contributed by atoms with Gasteiger partial charge in [-0.1, -0.05) is 12.2 Å². The van der Waals surface area contributed by atoms with Crippen LogP contribution < -0.4 is 5.32 Å². The van der Waals surface area contributed by atoms with E-state index in [9.17, 15) is 9.59 Å². The summed E-state index contributed by atoms with van der Waals surface area (Å²) in [5.41, 5.74) is 2.17. The number of carbonyl (C=O) groups is 2. The summed E-state index contributed by atoms with van der Waals surface area (Å²) in [7, 11) is 0. The average molecular weight is 399 g/mol. The fraction of sp³-hybridized carbons (Fsp3) is 0.696. The van der Waals surface area contributed by atoms with Crippen LogP contribution in [0.1, 0.15) is 49.9 Å². The van der Waals surface area contributed by atoms with Crippen LogP contribution in [0.25, 0.3) is 0 Å². The first-order chi connectivity index (χ1) is 14.0. The lowest BCUT2D eigenvalue weighted by molar-refractivity contribution is -0.138. The van der Waals surface area contributed by atoms with E-state index >= 15 is 0 Å². The van der Waals surface area contributed by atoms with Crippen molar-refractivity contribution in [1.82, 2.24) is 20.0 Å². The summed E-state index contributed by atoms with van der Waals surface area (Å²) < 4.78 is 1.97. The number of hydrogen-bond acceptors (Lipinski definition) is 3. The van der Waals surface area contributed by atoms with Gasteiger partial charge in [-0.15, -0.1) is 0 Å². The molecule has 1 aromatic rings. The molecule has 6 heteroatoms. The number of carbonyl (C=O) groups excluding carboxylic acids is 2. The van der Waals surface area contributed by atoms with Gasteiger partial charge in [-0.05, 0) is 69.8 Å². The summed E-state index contributed by atoms with van der Waals surface area (Å²) in [6, 6.07) is 2.06. The van der Waals surface area contributed by atoms with Crippen LogP contribution in [0.15, 0.2) is 18.2 Å². The van der Waals surface area contributed by atoms with Gasteiger partial charge >= 0.3 is 0 Å². The lowest BCUT2D eigenvalue weighted by Gasteiger charge is -2.34. The molecule has 1 N–H and O–H groups in total. The van der Waals surface area contributed by atoms with E-state index in [0.717, 1.165) is 63.3 Å². The van der Waals surface area contributed by atoms with Crippen LogP contribution >= 0.6 is 0 Å². The fourth-order valence-corrected chi connectivity index (χ4v) is 5.29. The number of nitrogens with zero attached hydrogens (tertiary/aromatic N) is 3. The molecule has 2 fully saturated rings. The standard InChI is InChI=1S/C23H34N4O2/c1-16-12-17(2)27(25-16)9-3-4-22(28)24-15-18-7-10-26(11-8-18)23(29)21-14-19-5-6-20(21)13-19/h5-6,12,18-21H,3-4,7-11,13-15H2,1-2H3,(H,24,28)/t19-,20+,21-/m1/s1. The van der Waals surface area contributed by atoms with E-state index in [1.54, 1.807) is 0 Å². The molecule has 4 rings (SSSR count). The molecule has 29 heavy (non-hydrogen) atoms. The Balaban J connectivity index is 1.12. The van der Waals surface area contributed by atoms with Crippen LogP contribution in [0.4, 0.5) is 0 Å². The Morgan fingerprint density at radius 2 is 1.97 bits per heavy atom. The molecule has 0 spiro atoms. The van der Waals surface area contributed by atoms with E-state index in [-0.39, 0.29) is 11.8 Å². The van der Waals surface area contributed by atoms with E-state index < -0.39 is 0 Å². The third kappa shape index (κ3) is 4.73. The number of nitrogens with one attached hydrogen (secondary N) is 1. The van der Waals surface area contributed by atoms with Crippen LogP contribution in [-0.4, -0.2) is 46.1 Å². The number of rotatable bonds is 7. The number of aromatic nitrogens is 2. The van der Waals surface area contributed by atoms with Gasteiger partial charge in [0.25, 0.3) is 0 Å². The predicted molar refractivity (Wildman–Crippen MR) is 112 cm³/mol. The second kappa shape index (κ2) is 8.72. The number of likely N-dealkylation sites (tertiary alicyclic amines) is 1. The number of allylic oxidation sites excluding steroid dienone is 2. The first-order valence-corrected chi connectivity index (χ1v) is 11.2. The highest BCUT2D eigenvalue weighted by molar-refractivity contribution is 5.80. The lowest BCUT2D eigenvalue weighted by atomic mass is 9.90. The fourth-order valence-electron chi connectivity index (χ4n) is 5.29. The largest absolute Gasteiger partial charge is 0.356 e. The van der Waals surface area contributed by atoms with Crippen molar-refractivity contribution in [1.29, 1.82) is 0 Å². The first-order valence-electron chi connectivity index (χ1n) is 11.2. The summed E-state index contributed by atoms with van der Waals surface area (Å²) in [5, 5.41) is 7.54. The Morgan fingerprint density at radius 3 is 2.59 bits per heavy atom. The van der Waals surface area contributed by atoms with Crippen LogP contribution in [0.2, 0.25) is 0 Å². The van der Waals surface area contributed by atoms with Crippen molar-refractivity contribution in [3.05, 3.63) is 29.6 Å². The highest BCUT2D eigenvalue weighted by atomic mass is 16.2. The molecule has 0 unspecified atom stereocenters. The highest BCUT2D eigenvalue weighted by Crippen LogP contribution is 2.44. The monoisotopic (exact) mass is 398 g/mol. The van der Waals surface area contributed by atoms with E-state index in [2.05, 4.69) is 33.5 Å². The van der Waals surface area contributed by atoms with E-state index in [1.807, 2.05) is 18.5 Å². The van der Waals surface area contributed by atoms with Gasteiger partial charge in [-0.2, -0.15) is 5.10 Å². The summed E-state index contributed by atoms with van der Waals surface area (Å²) in [4.78, 5) is 27.1. The van der Waals surface area contributed by atoms with Crippen molar-refractivity contribution in [3.8, 4) is 0 Å². The second-order valence-electron chi connectivity index (χ2n) is 9.21. The zero-order valence-corrected chi connectivity index (χ0v) is 17.8. The van der Waals surface area contributed by atoms with Crippen molar-refractivity contribution >= 4 is 11.8 Å². The number of piperidine rings is 1. The molecule has 0 radical (unpaired) electrons. The molecule has 1 saturated heterocycles. The number of fused-ring (bicyclic) bond motifs is 2. The predicted octanol–water partition coefficient (Wildman–Crippen LogP) is 2.85. The first kappa shape index (κ1) is 20.2. The molecule has 3 aliphatic rings. The van der Waals surface area contributed by atoms with Crippen molar-refractivity contribution in [3.63, 3.8) is 0 Å². The SMILES string of the molecule is Cc1cc(C)n(CCCC(=O)NCC2CCN(C(=O)[C@@H]3C[C@@H]4C=C[C@H]3C4)CC2)n1. The normalized spacial score (nSPS) is 26.3. The van der Waals surface area contributed by atoms with Gasteiger partial charge in [0, 0.05) is 44.2 Å². The maximum absolute atomic E-state index is 12.8. The molecule has 2 bridgehead atoms. The van der Waals surface area contributed by atoms with Crippen LogP contribution in [0.3, 0.4) is 0 Å². The Bertz CT molecular complexity index is 776. The van der Waals surface area contributed by atoms with E-state index in [0.29, 0.717) is 30.1 Å². The summed E-state index contributed by atoms with van der Waals surface area (Å²) in [6.07, 6.45) is 10.1. The number of aryl methyl sites for hydroxylation is 3. The quantitative estimate of drug-likeness (QED) is 0.718.